The Morgan fingerprint density at radius 1 is 1.28 bits per heavy atom. The minimum absolute atomic E-state index is 0.748. The third kappa shape index (κ3) is 2.16. The molecule has 18 heavy (non-hydrogen) atoms. The first-order valence-electron chi connectivity index (χ1n) is 6.02. The van der Waals surface area contributed by atoms with Crippen LogP contribution < -0.4 is 4.90 Å². The standard InChI is InChI=1S/C11H14IN5O/c1-2-7-13-9-8(15-11(12)16-9)10(14-7)17-3-5-18-6-4-17/h2-6H2,1H3,(H,13,14,15,16). The van der Waals surface area contributed by atoms with Crippen LogP contribution in [0.1, 0.15) is 12.7 Å². The third-order valence-corrected chi connectivity index (χ3v) is 3.49. The van der Waals surface area contributed by atoms with Crippen LogP contribution in [0.4, 0.5) is 5.82 Å². The second kappa shape index (κ2) is 4.96. The van der Waals surface area contributed by atoms with Gasteiger partial charge in [0.2, 0.25) is 0 Å². The number of aryl methyl sites for hydroxylation is 1. The number of rotatable bonds is 2. The van der Waals surface area contributed by atoms with Crippen LogP contribution in [0, 0.1) is 3.83 Å². The molecule has 2 aromatic rings. The van der Waals surface area contributed by atoms with E-state index in [-0.39, 0.29) is 0 Å². The number of H-pyrrole nitrogens is 1. The Kier molecular flexibility index (Phi) is 3.33. The van der Waals surface area contributed by atoms with Crippen LogP contribution in [-0.4, -0.2) is 46.2 Å². The van der Waals surface area contributed by atoms with Crippen LogP contribution >= 0.6 is 22.6 Å². The van der Waals surface area contributed by atoms with Gasteiger partial charge in [0.25, 0.3) is 0 Å². The highest BCUT2D eigenvalue weighted by Gasteiger charge is 2.19. The smallest absolute Gasteiger partial charge is 0.184 e. The maximum Gasteiger partial charge on any atom is 0.184 e. The Balaban J connectivity index is 2.12. The lowest BCUT2D eigenvalue weighted by Crippen LogP contribution is -2.37. The number of aromatic amines is 1. The van der Waals surface area contributed by atoms with Crippen molar-refractivity contribution in [2.24, 2.45) is 0 Å². The van der Waals surface area contributed by atoms with Gasteiger partial charge in [-0.25, -0.2) is 15.0 Å². The summed E-state index contributed by atoms with van der Waals surface area (Å²) in [5.41, 5.74) is 1.69. The first-order valence-corrected chi connectivity index (χ1v) is 7.10. The normalized spacial score (nSPS) is 16.4. The highest BCUT2D eigenvalue weighted by molar-refractivity contribution is 14.1. The molecule has 1 saturated heterocycles. The summed E-state index contributed by atoms with van der Waals surface area (Å²) in [5.74, 6) is 1.79. The van der Waals surface area contributed by atoms with Gasteiger partial charge in [0.15, 0.2) is 15.3 Å². The molecular formula is C11H14IN5O. The summed E-state index contributed by atoms with van der Waals surface area (Å²) in [6.07, 6.45) is 0.816. The molecule has 96 valence electrons. The molecule has 7 heteroatoms. The van der Waals surface area contributed by atoms with Crippen molar-refractivity contribution in [2.75, 3.05) is 31.2 Å². The molecule has 3 rings (SSSR count). The van der Waals surface area contributed by atoms with E-state index in [2.05, 4.69) is 54.4 Å². The van der Waals surface area contributed by atoms with Gasteiger partial charge < -0.3 is 14.6 Å². The van der Waals surface area contributed by atoms with Crippen molar-refractivity contribution in [1.29, 1.82) is 0 Å². The first kappa shape index (κ1) is 12.1. The molecule has 1 fully saturated rings. The molecule has 0 aromatic carbocycles. The number of fused-ring (bicyclic) bond motifs is 1. The molecule has 0 aliphatic carbocycles. The van der Waals surface area contributed by atoms with E-state index in [1.165, 1.54) is 0 Å². The van der Waals surface area contributed by atoms with E-state index in [4.69, 9.17) is 4.74 Å². The van der Waals surface area contributed by atoms with E-state index in [0.29, 0.717) is 0 Å². The highest BCUT2D eigenvalue weighted by atomic mass is 127. The fourth-order valence-electron chi connectivity index (χ4n) is 2.06. The summed E-state index contributed by atoms with van der Waals surface area (Å²) in [6.45, 7) is 5.29. The molecule has 0 bridgehead atoms. The Labute approximate surface area is 118 Å². The van der Waals surface area contributed by atoms with Crippen molar-refractivity contribution >= 4 is 39.6 Å². The van der Waals surface area contributed by atoms with Crippen LogP contribution in [0.25, 0.3) is 11.2 Å². The quantitative estimate of drug-likeness (QED) is 0.648. The summed E-state index contributed by atoms with van der Waals surface area (Å²) in [6, 6.07) is 0. The molecule has 1 N–H and O–H groups in total. The van der Waals surface area contributed by atoms with Crippen molar-refractivity contribution in [3.63, 3.8) is 0 Å². The van der Waals surface area contributed by atoms with E-state index in [1.54, 1.807) is 0 Å². The Hall–Kier alpha value is -0.960. The van der Waals surface area contributed by atoms with E-state index < -0.39 is 0 Å². The zero-order chi connectivity index (χ0) is 12.5. The van der Waals surface area contributed by atoms with Crippen molar-refractivity contribution < 1.29 is 4.74 Å². The average Bonchev–Trinajstić information content (AvgIpc) is 2.78. The second-order valence-corrected chi connectivity index (χ2v) is 5.16. The van der Waals surface area contributed by atoms with Crippen LogP contribution in [0.2, 0.25) is 0 Å². The number of nitrogens with one attached hydrogen (secondary N) is 1. The topological polar surface area (TPSA) is 66.9 Å². The van der Waals surface area contributed by atoms with E-state index >= 15 is 0 Å². The van der Waals surface area contributed by atoms with Gasteiger partial charge in [-0.15, -0.1) is 0 Å². The predicted octanol–water partition coefficient (Wildman–Crippen LogP) is 1.36. The van der Waals surface area contributed by atoms with Crippen molar-refractivity contribution in [3.8, 4) is 0 Å². The SMILES string of the molecule is CCc1nc(N2CCOCC2)c2[nH]c(I)nc2n1. The average molecular weight is 359 g/mol. The fraction of sp³-hybridized carbons (Fsp3) is 0.545. The van der Waals surface area contributed by atoms with Crippen LogP contribution in [-0.2, 0) is 11.2 Å². The van der Waals surface area contributed by atoms with Gasteiger partial charge in [0, 0.05) is 19.5 Å². The minimum Gasteiger partial charge on any atom is -0.378 e. The number of hydrogen-bond acceptors (Lipinski definition) is 5. The Bertz CT molecular complexity index is 564. The molecular weight excluding hydrogens is 345 g/mol. The zero-order valence-electron chi connectivity index (χ0n) is 10.1. The monoisotopic (exact) mass is 359 g/mol. The molecule has 0 amide bonds. The van der Waals surface area contributed by atoms with E-state index in [0.717, 1.165) is 59.4 Å². The number of nitrogens with zero attached hydrogens (tertiary/aromatic N) is 4. The number of anilines is 1. The van der Waals surface area contributed by atoms with Crippen molar-refractivity contribution in [1.82, 2.24) is 19.9 Å². The molecule has 1 aliphatic rings. The second-order valence-electron chi connectivity index (χ2n) is 4.14. The van der Waals surface area contributed by atoms with Gasteiger partial charge in [-0.1, -0.05) is 6.92 Å². The minimum atomic E-state index is 0.748. The van der Waals surface area contributed by atoms with E-state index in [1.807, 2.05) is 0 Å². The number of ether oxygens (including phenoxy) is 1. The summed E-state index contributed by atoms with van der Waals surface area (Å²) in [4.78, 5) is 19.0. The Morgan fingerprint density at radius 2 is 2.06 bits per heavy atom. The maximum atomic E-state index is 5.38. The molecule has 0 spiro atoms. The maximum absolute atomic E-state index is 5.38. The molecule has 0 unspecified atom stereocenters. The molecule has 6 nitrogen and oxygen atoms in total. The van der Waals surface area contributed by atoms with E-state index in [9.17, 15) is 0 Å². The predicted molar refractivity (Wildman–Crippen MR) is 76.8 cm³/mol. The van der Waals surface area contributed by atoms with Crippen molar-refractivity contribution in [2.45, 2.75) is 13.3 Å². The molecule has 1 aliphatic heterocycles. The van der Waals surface area contributed by atoms with Gasteiger partial charge in [0.1, 0.15) is 11.3 Å². The molecule has 0 radical (unpaired) electrons. The lowest BCUT2D eigenvalue weighted by Gasteiger charge is -2.28. The highest BCUT2D eigenvalue weighted by Crippen LogP contribution is 2.23. The summed E-state index contributed by atoms with van der Waals surface area (Å²) in [7, 11) is 0. The lowest BCUT2D eigenvalue weighted by molar-refractivity contribution is 0.122. The van der Waals surface area contributed by atoms with Crippen LogP contribution in [0.5, 0.6) is 0 Å². The van der Waals surface area contributed by atoms with Gasteiger partial charge >= 0.3 is 0 Å². The van der Waals surface area contributed by atoms with Gasteiger partial charge in [-0.05, 0) is 22.6 Å². The number of morpholine rings is 1. The molecule has 3 heterocycles. The molecule has 0 atom stereocenters. The summed E-state index contributed by atoms with van der Waals surface area (Å²) < 4.78 is 6.23. The third-order valence-electron chi connectivity index (χ3n) is 2.98. The number of aromatic nitrogens is 4. The number of imidazole rings is 1. The number of hydrogen-bond donors (Lipinski definition) is 1. The van der Waals surface area contributed by atoms with Gasteiger partial charge in [0.05, 0.1) is 13.2 Å². The zero-order valence-corrected chi connectivity index (χ0v) is 12.3. The van der Waals surface area contributed by atoms with Gasteiger partial charge in [-0.2, -0.15) is 0 Å². The molecule has 0 saturated carbocycles. The van der Waals surface area contributed by atoms with Crippen LogP contribution in [0.15, 0.2) is 0 Å². The lowest BCUT2D eigenvalue weighted by atomic mass is 10.3. The van der Waals surface area contributed by atoms with Crippen molar-refractivity contribution in [3.05, 3.63) is 9.66 Å². The summed E-state index contributed by atoms with van der Waals surface area (Å²) in [5, 5.41) is 0. The van der Waals surface area contributed by atoms with Crippen LogP contribution in [0.3, 0.4) is 0 Å². The Morgan fingerprint density at radius 3 is 2.78 bits per heavy atom. The number of halogens is 1. The first-order chi connectivity index (χ1) is 8.78. The molecule has 2 aromatic heterocycles. The fourth-order valence-corrected chi connectivity index (χ4v) is 2.56. The largest absolute Gasteiger partial charge is 0.378 e. The summed E-state index contributed by atoms with van der Waals surface area (Å²) >= 11 is 2.17. The van der Waals surface area contributed by atoms with Gasteiger partial charge in [-0.3, -0.25) is 0 Å².